The molecule has 0 spiro atoms. The molecule has 0 bridgehead atoms. The molecule has 6 aromatic carbocycles. The number of nitrogens with one attached hydrogen (secondary N) is 4. The van der Waals surface area contributed by atoms with Gasteiger partial charge in [-0.3, -0.25) is 9.59 Å². The van der Waals surface area contributed by atoms with Gasteiger partial charge in [-0.05, 0) is 94.8 Å². The number of rotatable bonds is 9. The van der Waals surface area contributed by atoms with Crippen molar-refractivity contribution in [3.8, 4) is 11.1 Å². The molecule has 14 nitrogen and oxygen atoms in total. The first-order valence-electron chi connectivity index (χ1n) is 22.5. The van der Waals surface area contributed by atoms with Crippen LogP contribution in [-0.4, -0.2) is 80.0 Å². The summed E-state index contributed by atoms with van der Waals surface area (Å²) in [6.45, 7) is 0. The average Bonchev–Trinajstić information content (AvgIpc) is 4.00. The molecule has 330 valence electrons. The zero-order valence-electron chi connectivity index (χ0n) is 36.2. The van der Waals surface area contributed by atoms with E-state index in [1.165, 1.54) is 14.2 Å². The van der Waals surface area contributed by atoms with Crippen LogP contribution in [0.25, 0.3) is 54.7 Å². The topological polar surface area (TPSA) is 175 Å². The van der Waals surface area contributed by atoms with Gasteiger partial charge in [-0.25, -0.2) is 19.6 Å². The van der Waals surface area contributed by atoms with Crippen molar-refractivity contribution in [1.82, 2.24) is 40.4 Å². The second-order valence-electron chi connectivity index (χ2n) is 18.1. The second-order valence-corrected chi connectivity index (χ2v) is 18.1. The Kier molecular flexibility index (Phi) is 9.33. The Labute approximate surface area is 378 Å². The van der Waals surface area contributed by atoms with Gasteiger partial charge < -0.3 is 39.9 Å². The van der Waals surface area contributed by atoms with Gasteiger partial charge in [-0.2, -0.15) is 0 Å². The molecule has 4 heterocycles. The maximum absolute atomic E-state index is 14.3. The lowest BCUT2D eigenvalue weighted by molar-refractivity contribution is -0.136. The number of piperidine rings is 2. The number of hydrogen-bond acceptors (Lipinski definition) is 8. The molecule has 66 heavy (non-hydrogen) atoms. The molecule has 0 radical (unpaired) electrons. The minimum Gasteiger partial charge on any atom is -0.453 e. The van der Waals surface area contributed by atoms with Gasteiger partial charge in [0, 0.05) is 22.9 Å². The maximum atomic E-state index is 14.3. The van der Waals surface area contributed by atoms with Gasteiger partial charge in [0.05, 0.1) is 48.4 Å². The highest BCUT2D eigenvalue weighted by molar-refractivity contribution is 6.07. The van der Waals surface area contributed by atoms with Crippen LogP contribution in [0.1, 0.15) is 72.6 Å². The number of carbonyl (C=O) groups is 4. The number of alkyl carbamates (subject to hydrolysis) is 2. The Bertz CT molecular complexity index is 3040. The SMILES string of the molecule is COC(=O)N[C@@H](C(=O)N1C2CC2C[C@H]1c1nc2c(ccc3cc(-c4ccc5c(ccc6[nH]c([C@@H]7C[C@H]8C[C@H]8N7C(=O)[C@H](NC(=O)OC)c7ccccc7)nc65)c4)ccc32)[nH]1)c1ccccc1. The number of hydrogen-bond donors (Lipinski definition) is 4. The van der Waals surface area contributed by atoms with Crippen LogP contribution in [0, 0.1) is 11.8 Å². The largest absolute Gasteiger partial charge is 0.453 e. The molecule has 2 aliphatic heterocycles. The number of nitrogens with zero attached hydrogens (tertiary/aromatic N) is 4. The fourth-order valence-corrected chi connectivity index (χ4v) is 10.9. The van der Waals surface area contributed by atoms with E-state index in [2.05, 4.69) is 81.3 Å². The van der Waals surface area contributed by atoms with Crippen LogP contribution in [0.4, 0.5) is 9.59 Å². The molecule has 4 aliphatic rings. The lowest BCUT2D eigenvalue weighted by atomic mass is 9.98. The number of carbonyl (C=O) groups excluding carboxylic acids is 4. The molecule has 12 rings (SSSR count). The predicted molar refractivity (Wildman–Crippen MR) is 248 cm³/mol. The number of ether oxygens (including phenoxy) is 2. The van der Waals surface area contributed by atoms with E-state index in [9.17, 15) is 19.2 Å². The van der Waals surface area contributed by atoms with E-state index in [0.29, 0.717) is 23.0 Å². The summed E-state index contributed by atoms with van der Waals surface area (Å²) >= 11 is 0. The summed E-state index contributed by atoms with van der Waals surface area (Å²) in [7, 11) is 2.59. The lowest BCUT2D eigenvalue weighted by Crippen LogP contribution is -2.44. The minimum atomic E-state index is -0.884. The van der Waals surface area contributed by atoms with E-state index in [1.807, 2.05) is 70.5 Å². The van der Waals surface area contributed by atoms with Crippen LogP contribution in [-0.2, 0) is 19.1 Å². The van der Waals surface area contributed by atoms with E-state index < -0.39 is 24.3 Å². The van der Waals surface area contributed by atoms with Crippen LogP contribution in [0.2, 0.25) is 0 Å². The molecular formula is C52H46N8O6. The summed E-state index contributed by atoms with van der Waals surface area (Å²) in [4.78, 5) is 74.8. The number of aromatic nitrogens is 4. The van der Waals surface area contributed by atoms with Crippen LogP contribution >= 0.6 is 0 Å². The number of aromatic amines is 2. The number of imidazole rings is 2. The van der Waals surface area contributed by atoms with E-state index in [-0.39, 0.29) is 36.0 Å². The van der Waals surface area contributed by atoms with E-state index in [1.54, 1.807) is 0 Å². The first-order chi connectivity index (χ1) is 32.2. The van der Waals surface area contributed by atoms with Gasteiger partial charge in [-0.15, -0.1) is 0 Å². The molecular weight excluding hydrogens is 833 g/mol. The molecule has 4 amide bonds. The van der Waals surface area contributed by atoms with Crippen molar-refractivity contribution >= 4 is 67.6 Å². The highest BCUT2D eigenvalue weighted by Gasteiger charge is 2.57. The number of benzene rings is 6. The maximum Gasteiger partial charge on any atom is 0.407 e. The summed E-state index contributed by atoms with van der Waals surface area (Å²) in [6.07, 6.45) is 2.16. The number of H-pyrrole nitrogens is 2. The molecule has 8 atom stereocenters. The molecule has 8 aromatic rings. The smallest absolute Gasteiger partial charge is 0.407 e. The zero-order chi connectivity index (χ0) is 44.8. The van der Waals surface area contributed by atoms with Crippen molar-refractivity contribution < 1.29 is 28.7 Å². The molecule has 4 N–H and O–H groups in total. The Morgan fingerprint density at radius 2 is 0.985 bits per heavy atom. The molecule has 2 aromatic heterocycles. The van der Waals surface area contributed by atoms with Crippen molar-refractivity contribution in [3.63, 3.8) is 0 Å². The summed E-state index contributed by atoms with van der Waals surface area (Å²) in [5, 5.41) is 9.66. The normalized spacial score (nSPS) is 22.5. The predicted octanol–water partition coefficient (Wildman–Crippen LogP) is 8.93. The first-order valence-corrected chi connectivity index (χ1v) is 22.5. The Hall–Kier alpha value is -7.74. The number of methoxy groups -OCH3 is 2. The van der Waals surface area contributed by atoms with Crippen LogP contribution in [0.15, 0.2) is 121 Å². The van der Waals surface area contributed by atoms with Crippen LogP contribution < -0.4 is 10.6 Å². The fraction of sp³-hybridized carbons (Fsp3) is 0.269. The highest BCUT2D eigenvalue weighted by atomic mass is 16.5. The van der Waals surface area contributed by atoms with Gasteiger partial charge in [0.2, 0.25) is 0 Å². The highest BCUT2D eigenvalue weighted by Crippen LogP contribution is 2.55. The molecule has 14 heteroatoms. The molecule has 2 unspecified atom stereocenters. The number of amides is 4. The Morgan fingerprint density at radius 1 is 0.561 bits per heavy atom. The summed E-state index contributed by atoms with van der Waals surface area (Å²) < 4.78 is 9.81. The van der Waals surface area contributed by atoms with Crippen LogP contribution in [0.5, 0.6) is 0 Å². The van der Waals surface area contributed by atoms with Crippen LogP contribution in [0.3, 0.4) is 0 Å². The first kappa shape index (κ1) is 39.8. The summed E-state index contributed by atoms with van der Waals surface area (Å²) in [5.74, 6) is 1.92. The Morgan fingerprint density at radius 3 is 1.39 bits per heavy atom. The van der Waals surface area contributed by atoms with Crippen molar-refractivity contribution in [1.29, 1.82) is 0 Å². The second kappa shape index (κ2) is 15.5. The van der Waals surface area contributed by atoms with E-state index in [4.69, 9.17) is 19.4 Å². The van der Waals surface area contributed by atoms with E-state index >= 15 is 0 Å². The van der Waals surface area contributed by atoms with Gasteiger partial charge >= 0.3 is 12.2 Å². The lowest BCUT2D eigenvalue weighted by Gasteiger charge is -2.30. The Balaban J connectivity index is 0.818. The summed E-state index contributed by atoms with van der Waals surface area (Å²) in [5.41, 5.74) is 7.00. The van der Waals surface area contributed by atoms with Crippen molar-refractivity contribution in [2.45, 2.75) is 61.9 Å². The third-order valence-corrected chi connectivity index (χ3v) is 14.3. The zero-order valence-corrected chi connectivity index (χ0v) is 36.2. The third kappa shape index (κ3) is 6.69. The van der Waals surface area contributed by atoms with Gasteiger partial charge in [-0.1, -0.05) is 97.1 Å². The monoisotopic (exact) mass is 878 g/mol. The number of fused-ring (bicyclic) bond motifs is 8. The minimum absolute atomic E-state index is 0.101. The van der Waals surface area contributed by atoms with Gasteiger partial charge in [0.25, 0.3) is 11.8 Å². The van der Waals surface area contributed by atoms with Crippen molar-refractivity contribution in [3.05, 3.63) is 144 Å². The summed E-state index contributed by atoms with van der Waals surface area (Å²) in [6, 6.07) is 37.7. The quantitative estimate of drug-likeness (QED) is 0.111. The van der Waals surface area contributed by atoms with E-state index in [0.717, 1.165) is 92.1 Å². The molecule has 2 saturated carbocycles. The standard InChI is InChI=1S/C52H46N8O6/c1-65-51(63)57-43(27-9-5-3-6-10-27)49(61)59-39-23-33(39)25-41(59)47-53-37-19-15-31-21-29(13-17-35(31)45(37)55-47)30-14-18-36-32(22-30)16-20-38-46(36)56-48(54-38)42-26-34-24-40(34)60(42)50(62)44(58-52(64)66-2)28-11-7-4-8-12-28/h3-22,33-34,39-44H,23-26H2,1-2H3,(H,53,55)(H,54,56)(H,57,63)(H,58,64)/t33-,34?,39-,40?,41+,42+,43-,44-/m1/s1. The van der Waals surface area contributed by atoms with Crippen molar-refractivity contribution in [2.24, 2.45) is 11.8 Å². The molecule has 2 saturated heterocycles. The van der Waals surface area contributed by atoms with Crippen molar-refractivity contribution in [2.75, 3.05) is 14.2 Å². The molecule has 2 aliphatic carbocycles. The number of likely N-dealkylation sites (tertiary alicyclic amines) is 2. The third-order valence-electron chi connectivity index (χ3n) is 14.3. The van der Waals surface area contributed by atoms with Gasteiger partial charge in [0.1, 0.15) is 23.7 Å². The fourth-order valence-electron chi connectivity index (χ4n) is 10.9. The molecule has 4 fully saturated rings. The average molecular weight is 879 g/mol. The van der Waals surface area contributed by atoms with Gasteiger partial charge in [0.15, 0.2) is 0 Å².